The summed E-state index contributed by atoms with van der Waals surface area (Å²) < 4.78 is 26.7. The van der Waals surface area contributed by atoms with Crippen molar-refractivity contribution in [1.29, 1.82) is 0 Å². The Labute approximate surface area is 163 Å². The van der Waals surface area contributed by atoms with Crippen LogP contribution in [0.3, 0.4) is 0 Å². The van der Waals surface area contributed by atoms with Crippen LogP contribution >= 0.6 is 0 Å². The van der Waals surface area contributed by atoms with E-state index in [1.807, 2.05) is 19.1 Å². The summed E-state index contributed by atoms with van der Waals surface area (Å²) in [5.41, 5.74) is 1.37. The highest BCUT2D eigenvalue weighted by Gasteiger charge is 2.55. The van der Waals surface area contributed by atoms with E-state index in [0.717, 1.165) is 33.7 Å². The monoisotopic (exact) mass is 399 g/mol. The zero-order chi connectivity index (χ0) is 20.7. The maximum atomic E-state index is 13.5. The van der Waals surface area contributed by atoms with E-state index in [-0.39, 0.29) is 12.2 Å². The Kier molecular flexibility index (Phi) is 4.53. The topological polar surface area (TPSA) is 94.4 Å². The molecule has 3 amide bonds. The molecule has 4 rings (SSSR count). The van der Waals surface area contributed by atoms with Gasteiger partial charge in [0.1, 0.15) is 6.54 Å². The van der Waals surface area contributed by atoms with Crippen LogP contribution in [-0.4, -0.2) is 41.4 Å². The summed E-state index contributed by atoms with van der Waals surface area (Å²) in [6.07, 6.45) is 0. The van der Waals surface area contributed by atoms with Gasteiger partial charge in [0.05, 0.1) is 5.69 Å². The summed E-state index contributed by atoms with van der Waals surface area (Å²) in [6.45, 7) is 1.53. The van der Waals surface area contributed by atoms with E-state index in [2.05, 4.69) is 15.7 Å². The molecule has 0 spiro atoms. The van der Waals surface area contributed by atoms with E-state index in [1.54, 1.807) is 12.1 Å². The van der Waals surface area contributed by atoms with Crippen molar-refractivity contribution in [3.63, 3.8) is 0 Å². The van der Waals surface area contributed by atoms with Crippen LogP contribution in [-0.2, 0) is 14.4 Å². The normalized spacial score (nSPS) is 20.4. The quantitative estimate of drug-likeness (QED) is 0.798. The third-order valence-corrected chi connectivity index (χ3v) is 4.74. The van der Waals surface area contributed by atoms with Gasteiger partial charge in [-0.25, -0.2) is 13.7 Å². The van der Waals surface area contributed by atoms with E-state index >= 15 is 0 Å². The average Bonchev–Trinajstić information content (AvgIpc) is 3.20. The lowest BCUT2D eigenvalue weighted by molar-refractivity contribution is -0.123. The van der Waals surface area contributed by atoms with Crippen molar-refractivity contribution in [3.8, 4) is 0 Å². The zero-order valence-electron chi connectivity index (χ0n) is 15.2. The lowest BCUT2D eigenvalue weighted by Crippen LogP contribution is -2.43. The van der Waals surface area contributed by atoms with Gasteiger partial charge < -0.3 is 5.32 Å². The molecule has 0 bridgehead atoms. The molecule has 29 heavy (non-hydrogen) atoms. The summed E-state index contributed by atoms with van der Waals surface area (Å²) in [5, 5.41) is 11.4. The lowest BCUT2D eigenvalue weighted by Gasteiger charge is -2.20. The standard InChI is InChI=1S/C19H15F2N5O3/c1-10-4-2-3-5-14(10)22-15(27)9-25-17-16(23-24-25)18(28)26(19(17)29)11-6-7-12(20)13(21)8-11/h2-8,16-17H,9H2,1H3,(H,22,27)/t16-,17+/m1/s1. The molecule has 2 heterocycles. The Morgan fingerprint density at radius 2 is 1.86 bits per heavy atom. The molecule has 1 fully saturated rings. The number of fused-ring (bicyclic) bond motifs is 1. The van der Waals surface area contributed by atoms with E-state index < -0.39 is 41.4 Å². The first kappa shape index (κ1) is 18.7. The third kappa shape index (κ3) is 3.22. The van der Waals surface area contributed by atoms with E-state index in [1.165, 1.54) is 0 Å². The third-order valence-electron chi connectivity index (χ3n) is 4.74. The first-order chi connectivity index (χ1) is 13.9. The lowest BCUT2D eigenvalue weighted by atomic mass is 10.1. The number of imide groups is 1. The first-order valence-electron chi connectivity index (χ1n) is 8.72. The highest BCUT2D eigenvalue weighted by molar-refractivity contribution is 6.25. The second-order valence-electron chi connectivity index (χ2n) is 6.67. The fourth-order valence-electron chi connectivity index (χ4n) is 3.28. The fraction of sp³-hybridized carbons (Fsp3) is 0.211. The first-order valence-corrected chi connectivity index (χ1v) is 8.72. The zero-order valence-corrected chi connectivity index (χ0v) is 15.2. The maximum Gasteiger partial charge on any atom is 0.263 e. The molecule has 2 atom stereocenters. The van der Waals surface area contributed by atoms with Gasteiger partial charge in [0.2, 0.25) is 5.91 Å². The van der Waals surface area contributed by atoms with Gasteiger partial charge in [-0.1, -0.05) is 23.4 Å². The second kappa shape index (κ2) is 7.04. The molecule has 2 aliphatic rings. The van der Waals surface area contributed by atoms with Gasteiger partial charge in [0.25, 0.3) is 11.8 Å². The van der Waals surface area contributed by atoms with Gasteiger partial charge in [0.15, 0.2) is 23.7 Å². The van der Waals surface area contributed by atoms with Gasteiger partial charge in [0, 0.05) is 11.8 Å². The van der Waals surface area contributed by atoms with Crippen LogP contribution < -0.4 is 10.2 Å². The van der Waals surface area contributed by atoms with Crippen molar-refractivity contribution in [1.82, 2.24) is 5.01 Å². The van der Waals surface area contributed by atoms with Gasteiger partial charge >= 0.3 is 0 Å². The SMILES string of the molecule is Cc1ccccc1NC(=O)CN1N=N[C@H]2C(=O)N(c3ccc(F)c(F)c3)C(=O)[C@H]21. The molecule has 0 unspecified atom stereocenters. The predicted molar refractivity (Wildman–Crippen MR) is 97.8 cm³/mol. The van der Waals surface area contributed by atoms with Crippen molar-refractivity contribution >= 4 is 29.1 Å². The highest BCUT2D eigenvalue weighted by atomic mass is 19.2. The Morgan fingerprint density at radius 1 is 1.10 bits per heavy atom. The number of aryl methyl sites for hydroxylation is 1. The molecule has 0 aromatic heterocycles. The Hall–Kier alpha value is -3.69. The number of hydrogen-bond acceptors (Lipinski definition) is 6. The van der Waals surface area contributed by atoms with Gasteiger partial charge in [-0.2, -0.15) is 5.11 Å². The van der Waals surface area contributed by atoms with Gasteiger partial charge in [-0.3, -0.25) is 19.4 Å². The predicted octanol–water partition coefficient (Wildman–Crippen LogP) is 2.21. The number of nitrogens with one attached hydrogen (secondary N) is 1. The fourth-order valence-corrected chi connectivity index (χ4v) is 3.28. The van der Waals surface area contributed by atoms with Crippen LogP contribution in [0.5, 0.6) is 0 Å². The van der Waals surface area contributed by atoms with Crippen molar-refractivity contribution < 1.29 is 23.2 Å². The van der Waals surface area contributed by atoms with E-state index in [4.69, 9.17) is 0 Å². The summed E-state index contributed by atoms with van der Waals surface area (Å²) in [6, 6.07) is 7.64. The molecule has 10 heteroatoms. The molecule has 0 radical (unpaired) electrons. The Balaban J connectivity index is 1.51. The second-order valence-corrected chi connectivity index (χ2v) is 6.67. The number of carbonyl (C=O) groups is 3. The van der Waals surface area contributed by atoms with Crippen LogP contribution in [0.2, 0.25) is 0 Å². The van der Waals surface area contributed by atoms with Crippen LogP contribution in [0, 0.1) is 18.6 Å². The Morgan fingerprint density at radius 3 is 2.59 bits per heavy atom. The number of hydrogen-bond donors (Lipinski definition) is 1. The number of nitrogens with zero attached hydrogens (tertiary/aromatic N) is 4. The van der Waals surface area contributed by atoms with Gasteiger partial charge in [-0.05, 0) is 30.7 Å². The molecule has 1 N–H and O–H groups in total. The van der Waals surface area contributed by atoms with Gasteiger partial charge in [-0.15, -0.1) is 0 Å². The minimum absolute atomic E-state index is 0.104. The minimum Gasteiger partial charge on any atom is -0.324 e. The molecular weight excluding hydrogens is 384 g/mol. The van der Waals surface area contributed by atoms with Crippen molar-refractivity contribution in [2.45, 2.75) is 19.0 Å². The number of anilines is 2. The van der Waals surface area contributed by atoms with Crippen molar-refractivity contribution in [3.05, 3.63) is 59.7 Å². The van der Waals surface area contributed by atoms with E-state index in [9.17, 15) is 23.2 Å². The summed E-state index contributed by atoms with van der Waals surface area (Å²) in [7, 11) is 0. The molecular formula is C19H15F2N5O3. The summed E-state index contributed by atoms with van der Waals surface area (Å²) >= 11 is 0. The molecule has 148 valence electrons. The Bertz CT molecular complexity index is 1060. The molecule has 1 saturated heterocycles. The number of para-hydroxylation sites is 1. The number of carbonyl (C=O) groups excluding carboxylic acids is 3. The molecule has 0 aliphatic carbocycles. The number of rotatable bonds is 4. The smallest absolute Gasteiger partial charge is 0.263 e. The number of benzene rings is 2. The number of amides is 3. The van der Waals surface area contributed by atoms with Crippen LogP contribution in [0.4, 0.5) is 20.2 Å². The van der Waals surface area contributed by atoms with Crippen LogP contribution in [0.15, 0.2) is 52.8 Å². The molecule has 2 aliphatic heterocycles. The summed E-state index contributed by atoms with van der Waals surface area (Å²) in [4.78, 5) is 38.5. The highest BCUT2D eigenvalue weighted by Crippen LogP contribution is 2.32. The number of halogens is 2. The van der Waals surface area contributed by atoms with Crippen molar-refractivity contribution in [2.24, 2.45) is 10.3 Å². The van der Waals surface area contributed by atoms with Crippen LogP contribution in [0.1, 0.15) is 5.56 Å². The summed E-state index contributed by atoms with van der Waals surface area (Å²) in [5.74, 6) is -4.14. The molecule has 2 aromatic rings. The molecule has 2 aromatic carbocycles. The van der Waals surface area contributed by atoms with Crippen LogP contribution in [0.25, 0.3) is 0 Å². The maximum absolute atomic E-state index is 13.5. The molecule has 0 saturated carbocycles. The largest absolute Gasteiger partial charge is 0.324 e. The minimum atomic E-state index is -1.18. The van der Waals surface area contributed by atoms with E-state index in [0.29, 0.717) is 5.69 Å². The molecule has 8 nitrogen and oxygen atoms in total. The average molecular weight is 399 g/mol. The van der Waals surface area contributed by atoms with Crippen molar-refractivity contribution in [2.75, 3.05) is 16.8 Å².